The molecule has 1 aromatic rings. The summed E-state index contributed by atoms with van der Waals surface area (Å²) in [6, 6.07) is 8.61. The van der Waals surface area contributed by atoms with Crippen molar-refractivity contribution in [3.8, 4) is 0 Å². The fourth-order valence-corrected chi connectivity index (χ4v) is 2.02. The van der Waals surface area contributed by atoms with Crippen molar-refractivity contribution in [1.82, 2.24) is 9.80 Å². The van der Waals surface area contributed by atoms with Crippen molar-refractivity contribution < 1.29 is 4.79 Å². The van der Waals surface area contributed by atoms with Gasteiger partial charge in [0.15, 0.2) is 0 Å². The zero-order valence-corrected chi connectivity index (χ0v) is 9.94. The predicted octanol–water partition coefficient (Wildman–Crippen LogP) is 2.12. The largest absolute Gasteiger partial charge is 0.326 e. The Morgan fingerprint density at radius 2 is 2.00 bits per heavy atom. The molecule has 2 amide bonds. The zero-order chi connectivity index (χ0) is 11.5. The summed E-state index contributed by atoms with van der Waals surface area (Å²) >= 11 is 0. The molecule has 3 nitrogen and oxygen atoms in total. The van der Waals surface area contributed by atoms with Gasteiger partial charge in [-0.3, -0.25) is 0 Å². The number of nitrogens with zero attached hydrogens (tertiary/aromatic N) is 2. The van der Waals surface area contributed by atoms with Gasteiger partial charge in [-0.15, -0.1) is 0 Å². The molecule has 16 heavy (non-hydrogen) atoms. The van der Waals surface area contributed by atoms with Crippen LogP contribution < -0.4 is 0 Å². The van der Waals surface area contributed by atoms with Crippen molar-refractivity contribution in [3.05, 3.63) is 35.4 Å². The van der Waals surface area contributed by atoms with Gasteiger partial charge in [-0.05, 0) is 17.5 Å². The maximum Gasteiger partial charge on any atom is 0.320 e. The number of carbonyl (C=O) groups is 1. The summed E-state index contributed by atoms with van der Waals surface area (Å²) in [4.78, 5) is 15.4. The second kappa shape index (κ2) is 4.56. The van der Waals surface area contributed by atoms with Gasteiger partial charge >= 0.3 is 6.03 Å². The van der Waals surface area contributed by atoms with E-state index in [9.17, 15) is 4.79 Å². The summed E-state index contributed by atoms with van der Waals surface area (Å²) in [6.45, 7) is 4.56. The number of amides is 2. The van der Waals surface area contributed by atoms with Gasteiger partial charge in [0, 0.05) is 26.7 Å². The van der Waals surface area contributed by atoms with Gasteiger partial charge in [-0.2, -0.15) is 0 Å². The van der Waals surface area contributed by atoms with E-state index in [0.29, 0.717) is 0 Å². The quantitative estimate of drug-likeness (QED) is 0.762. The van der Waals surface area contributed by atoms with E-state index in [4.69, 9.17) is 0 Å². The van der Waals surface area contributed by atoms with E-state index in [1.165, 1.54) is 11.1 Å². The van der Waals surface area contributed by atoms with Crippen LogP contribution in [-0.4, -0.2) is 36.0 Å². The molecule has 0 radical (unpaired) electrons. The van der Waals surface area contributed by atoms with E-state index in [0.717, 1.165) is 26.1 Å². The van der Waals surface area contributed by atoms with E-state index in [1.54, 1.807) is 4.90 Å². The van der Waals surface area contributed by atoms with Gasteiger partial charge in [0.1, 0.15) is 0 Å². The van der Waals surface area contributed by atoms with Crippen molar-refractivity contribution in [2.45, 2.75) is 19.9 Å². The molecule has 1 fully saturated rings. The lowest BCUT2D eigenvalue weighted by Crippen LogP contribution is -2.28. The second-order valence-corrected chi connectivity index (χ2v) is 4.30. The first-order chi connectivity index (χ1) is 7.70. The van der Waals surface area contributed by atoms with Crippen molar-refractivity contribution in [2.75, 3.05) is 20.1 Å². The van der Waals surface area contributed by atoms with Crippen molar-refractivity contribution in [3.63, 3.8) is 0 Å². The lowest BCUT2D eigenvalue weighted by molar-refractivity contribution is 0.197. The molecule has 1 heterocycles. The summed E-state index contributed by atoms with van der Waals surface area (Å²) in [5, 5.41) is 0. The highest BCUT2D eigenvalue weighted by Crippen LogP contribution is 2.13. The summed E-state index contributed by atoms with van der Waals surface area (Å²) < 4.78 is 0. The molecule has 1 aliphatic heterocycles. The van der Waals surface area contributed by atoms with Gasteiger partial charge in [-0.1, -0.05) is 31.2 Å². The van der Waals surface area contributed by atoms with Crippen LogP contribution in [-0.2, 0) is 13.0 Å². The van der Waals surface area contributed by atoms with Crippen molar-refractivity contribution >= 4 is 6.03 Å². The Kier molecular flexibility index (Phi) is 3.13. The molecular weight excluding hydrogens is 200 g/mol. The third-order valence-corrected chi connectivity index (χ3v) is 3.08. The van der Waals surface area contributed by atoms with Crippen LogP contribution >= 0.6 is 0 Å². The molecule has 86 valence electrons. The zero-order valence-electron chi connectivity index (χ0n) is 9.94. The van der Waals surface area contributed by atoms with Crippen molar-refractivity contribution in [1.29, 1.82) is 0 Å². The highest BCUT2D eigenvalue weighted by Gasteiger charge is 2.24. The second-order valence-electron chi connectivity index (χ2n) is 4.30. The fourth-order valence-electron chi connectivity index (χ4n) is 2.02. The Balaban J connectivity index is 2.06. The minimum atomic E-state index is 0.141. The molecule has 0 aliphatic carbocycles. The molecule has 3 heteroatoms. The van der Waals surface area contributed by atoms with Crippen molar-refractivity contribution in [2.24, 2.45) is 0 Å². The lowest BCUT2D eigenvalue weighted by atomic mass is 10.1. The van der Waals surface area contributed by atoms with Gasteiger partial charge in [0.25, 0.3) is 0 Å². The Hall–Kier alpha value is -1.51. The highest BCUT2D eigenvalue weighted by molar-refractivity contribution is 5.76. The number of rotatable bonds is 3. The van der Waals surface area contributed by atoms with Gasteiger partial charge in [-0.25, -0.2) is 4.79 Å². The standard InChI is InChI=1S/C13H18N2O/c1-3-11-5-4-6-12(9-11)10-15-8-7-14(2)13(15)16/h4-6,9H,3,7-8,10H2,1-2H3. The molecule has 0 bridgehead atoms. The number of hydrogen-bond acceptors (Lipinski definition) is 1. The fraction of sp³-hybridized carbons (Fsp3) is 0.462. The predicted molar refractivity (Wildman–Crippen MR) is 64.3 cm³/mol. The van der Waals surface area contributed by atoms with Crippen LogP contribution in [0.1, 0.15) is 18.1 Å². The lowest BCUT2D eigenvalue weighted by Gasteiger charge is -2.16. The molecule has 1 aliphatic rings. The highest BCUT2D eigenvalue weighted by atomic mass is 16.2. The van der Waals surface area contributed by atoms with E-state index in [1.807, 2.05) is 11.9 Å². The molecule has 0 unspecified atom stereocenters. The maximum absolute atomic E-state index is 11.7. The number of urea groups is 1. The molecule has 0 saturated carbocycles. The number of likely N-dealkylation sites (N-methyl/N-ethyl adjacent to an activating group) is 1. The number of benzene rings is 1. The smallest absolute Gasteiger partial charge is 0.320 e. The van der Waals surface area contributed by atoms with E-state index >= 15 is 0 Å². The van der Waals surface area contributed by atoms with Crippen LogP contribution in [0, 0.1) is 0 Å². The normalized spacial score (nSPS) is 16.0. The summed E-state index contributed by atoms with van der Waals surface area (Å²) in [5.74, 6) is 0. The molecule has 0 atom stereocenters. The average Bonchev–Trinajstić information content (AvgIpc) is 2.61. The maximum atomic E-state index is 11.7. The van der Waals surface area contributed by atoms with Gasteiger partial charge in [0.05, 0.1) is 0 Å². The number of carbonyl (C=O) groups excluding carboxylic acids is 1. The minimum Gasteiger partial charge on any atom is -0.326 e. The first-order valence-corrected chi connectivity index (χ1v) is 5.78. The third kappa shape index (κ3) is 2.18. The van der Waals surface area contributed by atoms with Crippen LogP contribution in [0.25, 0.3) is 0 Å². The third-order valence-electron chi connectivity index (χ3n) is 3.08. The molecule has 0 N–H and O–H groups in total. The first-order valence-electron chi connectivity index (χ1n) is 5.78. The van der Waals surface area contributed by atoms with E-state index in [2.05, 4.69) is 31.2 Å². The molecular formula is C13H18N2O. The monoisotopic (exact) mass is 218 g/mol. The molecule has 1 aromatic carbocycles. The molecule has 2 rings (SSSR count). The molecule has 0 aromatic heterocycles. The average molecular weight is 218 g/mol. The van der Waals surface area contributed by atoms with Gasteiger partial charge < -0.3 is 9.80 Å². The van der Waals surface area contributed by atoms with E-state index < -0.39 is 0 Å². The molecule has 1 saturated heterocycles. The van der Waals surface area contributed by atoms with Gasteiger partial charge in [0.2, 0.25) is 0 Å². The van der Waals surface area contributed by atoms with E-state index in [-0.39, 0.29) is 6.03 Å². The summed E-state index contributed by atoms with van der Waals surface area (Å²) in [5.41, 5.74) is 2.56. The topological polar surface area (TPSA) is 23.6 Å². The van der Waals surface area contributed by atoms with Crippen LogP contribution in [0.5, 0.6) is 0 Å². The van der Waals surface area contributed by atoms with Crippen LogP contribution in [0.4, 0.5) is 4.79 Å². The molecule has 0 spiro atoms. The summed E-state index contributed by atoms with van der Waals surface area (Å²) in [6.07, 6.45) is 1.04. The SMILES string of the molecule is CCc1cccc(CN2CCN(C)C2=O)c1. The van der Waals surface area contributed by atoms with Crippen LogP contribution in [0.3, 0.4) is 0 Å². The first kappa shape index (κ1) is 11.0. The number of aryl methyl sites for hydroxylation is 1. The Bertz CT molecular complexity index is 389. The summed E-state index contributed by atoms with van der Waals surface area (Å²) in [7, 11) is 1.85. The Morgan fingerprint density at radius 1 is 1.25 bits per heavy atom. The Labute approximate surface area is 96.7 Å². The van der Waals surface area contributed by atoms with Crippen LogP contribution in [0.2, 0.25) is 0 Å². The Morgan fingerprint density at radius 3 is 2.62 bits per heavy atom. The minimum absolute atomic E-state index is 0.141. The van der Waals surface area contributed by atoms with Crippen LogP contribution in [0.15, 0.2) is 24.3 Å². The number of hydrogen-bond donors (Lipinski definition) is 0.